The van der Waals surface area contributed by atoms with Crippen molar-refractivity contribution in [1.82, 2.24) is 4.98 Å². The van der Waals surface area contributed by atoms with Crippen LogP contribution < -0.4 is 4.74 Å². The number of alkyl halides is 2. The molecule has 17 heavy (non-hydrogen) atoms. The SMILES string of the molecule is O=C(O)c1cnc(OCC(F)F)c(C2CC2)c1. The van der Waals surface area contributed by atoms with Gasteiger partial charge >= 0.3 is 5.97 Å². The van der Waals surface area contributed by atoms with E-state index in [0.717, 1.165) is 19.0 Å². The number of hydrogen-bond donors (Lipinski definition) is 1. The molecule has 92 valence electrons. The van der Waals surface area contributed by atoms with E-state index in [1.54, 1.807) is 0 Å². The van der Waals surface area contributed by atoms with Crippen molar-refractivity contribution in [3.63, 3.8) is 0 Å². The number of nitrogens with zero attached hydrogens (tertiary/aromatic N) is 1. The van der Waals surface area contributed by atoms with Crippen LogP contribution in [0.2, 0.25) is 0 Å². The zero-order valence-electron chi connectivity index (χ0n) is 8.90. The fourth-order valence-electron chi connectivity index (χ4n) is 1.54. The van der Waals surface area contributed by atoms with Gasteiger partial charge in [0.25, 0.3) is 6.43 Å². The molecule has 1 saturated carbocycles. The molecule has 0 bridgehead atoms. The number of hydrogen-bond acceptors (Lipinski definition) is 3. The van der Waals surface area contributed by atoms with Gasteiger partial charge in [0.15, 0.2) is 6.61 Å². The first-order chi connectivity index (χ1) is 8.08. The molecule has 0 aliphatic heterocycles. The van der Waals surface area contributed by atoms with Gasteiger partial charge in [0.05, 0.1) is 5.56 Å². The van der Waals surface area contributed by atoms with Gasteiger partial charge in [-0.15, -0.1) is 0 Å². The van der Waals surface area contributed by atoms with Gasteiger partial charge in [-0.05, 0) is 24.8 Å². The number of carboxylic acids is 1. The van der Waals surface area contributed by atoms with Gasteiger partial charge in [0.1, 0.15) is 0 Å². The topological polar surface area (TPSA) is 59.4 Å². The number of ether oxygens (including phenoxy) is 1. The summed E-state index contributed by atoms with van der Waals surface area (Å²) in [6, 6.07) is 1.45. The van der Waals surface area contributed by atoms with E-state index in [9.17, 15) is 13.6 Å². The monoisotopic (exact) mass is 243 g/mol. The molecule has 1 heterocycles. The first kappa shape index (κ1) is 11.8. The van der Waals surface area contributed by atoms with Crippen molar-refractivity contribution in [1.29, 1.82) is 0 Å². The standard InChI is InChI=1S/C11H11F2NO3/c12-9(13)5-17-10-8(6-1-2-6)3-7(4-14-10)11(15)16/h3-4,6,9H,1-2,5H2,(H,15,16). The van der Waals surface area contributed by atoms with Crippen LogP contribution in [-0.4, -0.2) is 29.1 Å². The van der Waals surface area contributed by atoms with Crippen molar-refractivity contribution in [2.75, 3.05) is 6.61 Å². The maximum atomic E-state index is 12.0. The van der Waals surface area contributed by atoms with Crippen LogP contribution in [0.1, 0.15) is 34.7 Å². The van der Waals surface area contributed by atoms with Gasteiger partial charge in [-0.1, -0.05) is 0 Å². The molecule has 0 atom stereocenters. The Morgan fingerprint density at radius 1 is 1.59 bits per heavy atom. The summed E-state index contributed by atoms with van der Waals surface area (Å²) in [4.78, 5) is 14.6. The second-order valence-electron chi connectivity index (χ2n) is 3.90. The Morgan fingerprint density at radius 2 is 2.29 bits per heavy atom. The van der Waals surface area contributed by atoms with Crippen LogP contribution in [0.4, 0.5) is 8.78 Å². The number of halogens is 2. The van der Waals surface area contributed by atoms with Crippen LogP contribution in [0.25, 0.3) is 0 Å². The Balaban J connectivity index is 2.22. The fraction of sp³-hybridized carbons (Fsp3) is 0.455. The Kier molecular flexibility index (Phi) is 3.21. The first-order valence-corrected chi connectivity index (χ1v) is 5.22. The molecule has 1 fully saturated rings. The van der Waals surface area contributed by atoms with E-state index in [-0.39, 0.29) is 17.4 Å². The summed E-state index contributed by atoms with van der Waals surface area (Å²) < 4.78 is 28.9. The highest BCUT2D eigenvalue weighted by Crippen LogP contribution is 2.43. The molecule has 0 aromatic carbocycles. The lowest BCUT2D eigenvalue weighted by atomic mass is 10.1. The highest BCUT2D eigenvalue weighted by Gasteiger charge is 2.29. The highest BCUT2D eigenvalue weighted by atomic mass is 19.3. The van der Waals surface area contributed by atoms with Crippen LogP contribution in [0.15, 0.2) is 12.3 Å². The predicted octanol–water partition coefficient (Wildman–Crippen LogP) is 2.30. The predicted molar refractivity (Wildman–Crippen MR) is 54.7 cm³/mol. The molecule has 0 radical (unpaired) electrons. The van der Waals surface area contributed by atoms with Crippen LogP contribution >= 0.6 is 0 Å². The van der Waals surface area contributed by atoms with Crippen LogP contribution in [-0.2, 0) is 0 Å². The second kappa shape index (κ2) is 4.65. The van der Waals surface area contributed by atoms with Gasteiger partial charge in [-0.3, -0.25) is 0 Å². The van der Waals surface area contributed by atoms with E-state index < -0.39 is 19.0 Å². The molecule has 0 unspecified atom stereocenters. The van der Waals surface area contributed by atoms with Crippen molar-refractivity contribution in [2.45, 2.75) is 25.2 Å². The maximum Gasteiger partial charge on any atom is 0.337 e. The van der Waals surface area contributed by atoms with E-state index in [1.807, 2.05) is 0 Å². The van der Waals surface area contributed by atoms with Crippen molar-refractivity contribution in [3.05, 3.63) is 23.4 Å². The van der Waals surface area contributed by atoms with E-state index >= 15 is 0 Å². The average Bonchev–Trinajstić information content (AvgIpc) is 3.09. The molecule has 1 aliphatic carbocycles. The van der Waals surface area contributed by atoms with Gasteiger partial charge in [0, 0.05) is 11.8 Å². The third-order valence-electron chi connectivity index (χ3n) is 2.49. The van der Waals surface area contributed by atoms with Gasteiger partial charge < -0.3 is 9.84 Å². The van der Waals surface area contributed by atoms with E-state index in [4.69, 9.17) is 9.84 Å². The molecule has 6 heteroatoms. The minimum absolute atomic E-state index is 0.0521. The number of aromatic nitrogens is 1. The third-order valence-corrected chi connectivity index (χ3v) is 2.49. The molecule has 0 saturated heterocycles. The molecular formula is C11H11F2NO3. The Bertz CT molecular complexity index is 433. The van der Waals surface area contributed by atoms with E-state index in [0.29, 0.717) is 5.56 Å². The summed E-state index contributed by atoms with van der Waals surface area (Å²) in [6.07, 6.45) is 0.378. The summed E-state index contributed by atoms with van der Waals surface area (Å²) in [5.41, 5.74) is 0.668. The Hall–Kier alpha value is -1.72. The van der Waals surface area contributed by atoms with Crippen molar-refractivity contribution < 1.29 is 23.4 Å². The average molecular weight is 243 g/mol. The van der Waals surface area contributed by atoms with Crippen LogP contribution in [0.3, 0.4) is 0 Å². The summed E-state index contributed by atoms with van der Waals surface area (Å²) in [6.45, 7) is -0.723. The summed E-state index contributed by atoms with van der Waals surface area (Å²) in [7, 11) is 0. The quantitative estimate of drug-likeness (QED) is 0.862. The normalized spacial score (nSPS) is 15.0. The number of carbonyl (C=O) groups is 1. The molecule has 4 nitrogen and oxygen atoms in total. The molecular weight excluding hydrogens is 232 g/mol. The largest absolute Gasteiger partial charge is 0.478 e. The fourth-order valence-corrected chi connectivity index (χ4v) is 1.54. The smallest absolute Gasteiger partial charge is 0.337 e. The van der Waals surface area contributed by atoms with Crippen molar-refractivity contribution in [2.24, 2.45) is 0 Å². The molecule has 1 aromatic rings. The lowest BCUT2D eigenvalue weighted by Gasteiger charge is -2.09. The molecule has 1 aliphatic rings. The molecule has 1 aromatic heterocycles. The number of aromatic carboxylic acids is 1. The summed E-state index contributed by atoms with van der Waals surface area (Å²) >= 11 is 0. The first-order valence-electron chi connectivity index (χ1n) is 5.22. The number of pyridine rings is 1. The summed E-state index contributed by atoms with van der Waals surface area (Å²) in [5, 5.41) is 8.82. The Morgan fingerprint density at radius 3 is 2.82 bits per heavy atom. The second-order valence-corrected chi connectivity index (χ2v) is 3.90. The molecule has 0 spiro atoms. The third kappa shape index (κ3) is 2.89. The minimum Gasteiger partial charge on any atom is -0.478 e. The zero-order chi connectivity index (χ0) is 12.4. The molecule has 0 amide bonds. The van der Waals surface area contributed by atoms with Crippen LogP contribution in [0, 0.1) is 0 Å². The van der Waals surface area contributed by atoms with Gasteiger partial charge in [0.2, 0.25) is 5.88 Å². The molecule has 1 N–H and O–H groups in total. The van der Waals surface area contributed by atoms with E-state index in [2.05, 4.69) is 4.98 Å². The number of rotatable bonds is 5. The van der Waals surface area contributed by atoms with Crippen molar-refractivity contribution in [3.8, 4) is 5.88 Å². The molecule has 2 rings (SSSR count). The van der Waals surface area contributed by atoms with Crippen LogP contribution in [0.5, 0.6) is 5.88 Å². The Labute approximate surface area is 96.2 Å². The maximum absolute atomic E-state index is 12.0. The van der Waals surface area contributed by atoms with E-state index in [1.165, 1.54) is 6.07 Å². The minimum atomic E-state index is -2.57. The van der Waals surface area contributed by atoms with Crippen molar-refractivity contribution >= 4 is 5.97 Å². The number of carboxylic acid groups (broad SMARTS) is 1. The van der Waals surface area contributed by atoms with Gasteiger partial charge in [-0.2, -0.15) is 0 Å². The highest BCUT2D eigenvalue weighted by molar-refractivity contribution is 5.87. The lowest BCUT2D eigenvalue weighted by Crippen LogP contribution is -2.10. The summed E-state index contributed by atoms with van der Waals surface area (Å²) in [5.74, 6) is -0.771. The lowest BCUT2D eigenvalue weighted by molar-refractivity contribution is 0.0693. The van der Waals surface area contributed by atoms with Gasteiger partial charge in [-0.25, -0.2) is 18.6 Å². The zero-order valence-corrected chi connectivity index (χ0v) is 8.90.